The highest BCUT2D eigenvalue weighted by Crippen LogP contribution is 2.23. The van der Waals surface area contributed by atoms with Gasteiger partial charge in [-0.3, -0.25) is 0 Å². The molecule has 3 nitrogen and oxygen atoms in total. The van der Waals surface area contributed by atoms with E-state index >= 15 is 0 Å². The van der Waals surface area contributed by atoms with Crippen molar-refractivity contribution in [3.63, 3.8) is 0 Å². The van der Waals surface area contributed by atoms with E-state index in [1.807, 2.05) is 45.0 Å². The highest BCUT2D eigenvalue weighted by atomic mass is 16.5. The van der Waals surface area contributed by atoms with E-state index in [2.05, 4.69) is 0 Å². The summed E-state index contributed by atoms with van der Waals surface area (Å²) >= 11 is 0. The maximum absolute atomic E-state index is 12.3. The van der Waals surface area contributed by atoms with Crippen LogP contribution in [0.4, 0.5) is 0 Å². The second-order valence-electron chi connectivity index (χ2n) is 5.00. The van der Waals surface area contributed by atoms with Crippen molar-refractivity contribution in [3.05, 3.63) is 59.2 Å². The molecule has 0 radical (unpaired) electrons. The molecule has 0 aliphatic heterocycles. The minimum atomic E-state index is -0.395. The van der Waals surface area contributed by atoms with Gasteiger partial charge in [-0.05, 0) is 44.0 Å². The van der Waals surface area contributed by atoms with Crippen LogP contribution in [-0.4, -0.2) is 12.6 Å². The molecule has 2 aromatic rings. The van der Waals surface area contributed by atoms with Crippen LogP contribution in [-0.2, 0) is 0 Å². The van der Waals surface area contributed by atoms with E-state index in [1.54, 1.807) is 18.2 Å². The lowest BCUT2D eigenvalue weighted by atomic mass is 10.1. The third-order valence-corrected chi connectivity index (χ3v) is 3.10. The number of benzene rings is 2. The number of rotatable bonds is 5. The molecule has 0 unspecified atom stereocenters. The van der Waals surface area contributed by atoms with E-state index in [9.17, 15) is 4.79 Å². The summed E-state index contributed by atoms with van der Waals surface area (Å²) in [5.41, 5.74) is 2.53. The summed E-state index contributed by atoms with van der Waals surface area (Å²) in [6.45, 7) is 6.53. The fourth-order valence-corrected chi connectivity index (χ4v) is 2.04. The Morgan fingerprint density at radius 1 is 1.05 bits per heavy atom. The molecule has 0 aliphatic rings. The molecule has 0 heterocycles. The van der Waals surface area contributed by atoms with E-state index in [4.69, 9.17) is 9.47 Å². The molecule has 0 saturated heterocycles. The molecular weight excluding hydrogens is 264 g/mol. The van der Waals surface area contributed by atoms with Crippen molar-refractivity contribution in [2.24, 2.45) is 0 Å². The lowest BCUT2D eigenvalue weighted by molar-refractivity contribution is 0.0729. The molecule has 0 spiro atoms. The molecule has 0 aromatic heterocycles. The summed E-state index contributed by atoms with van der Waals surface area (Å²) in [6.07, 6.45) is 0.889. The van der Waals surface area contributed by atoms with Crippen LogP contribution in [0, 0.1) is 13.8 Å². The number of ether oxygens (including phenoxy) is 2. The monoisotopic (exact) mass is 284 g/mol. The second kappa shape index (κ2) is 6.93. The van der Waals surface area contributed by atoms with Crippen molar-refractivity contribution >= 4 is 5.97 Å². The minimum absolute atomic E-state index is 0.395. The van der Waals surface area contributed by atoms with E-state index < -0.39 is 5.97 Å². The first-order chi connectivity index (χ1) is 10.1. The third kappa shape index (κ3) is 3.85. The van der Waals surface area contributed by atoms with Crippen LogP contribution in [0.5, 0.6) is 11.5 Å². The minimum Gasteiger partial charge on any atom is -0.493 e. The van der Waals surface area contributed by atoms with Gasteiger partial charge in [0.15, 0.2) is 0 Å². The van der Waals surface area contributed by atoms with E-state index in [-0.39, 0.29) is 0 Å². The Morgan fingerprint density at radius 3 is 2.52 bits per heavy atom. The Bertz CT molecular complexity index is 632. The molecule has 0 aliphatic carbocycles. The lowest BCUT2D eigenvalue weighted by Crippen LogP contribution is -2.11. The summed E-state index contributed by atoms with van der Waals surface area (Å²) < 4.78 is 11.1. The van der Waals surface area contributed by atoms with Gasteiger partial charge in [0.05, 0.1) is 6.61 Å². The van der Waals surface area contributed by atoms with Crippen LogP contribution in [0.1, 0.15) is 34.8 Å². The van der Waals surface area contributed by atoms with Crippen LogP contribution in [0.2, 0.25) is 0 Å². The van der Waals surface area contributed by atoms with Gasteiger partial charge in [-0.15, -0.1) is 0 Å². The molecule has 0 amide bonds. The van der Waals surface area contributed by atoms with Crippen LogP contribution in [0.25, 0.3) is 0 Å². The van der Waals surface area contributed by atoms with Gasteiger partial charge in [-0.2, -0.15) is 0 Å². The molecule has 0 atom stereocenters. The van der Waals surface area contributed by atoms with Crippen LogP contribution < -0.4 is 9.47 Å². The zero-order valence-electron chi connectivity index (χ0n) is 12.7. The molecule has 3 heteroatoms. The van der Waals surface area contributed by atoms with Crippen molar-refractivity contribution in [2.45, 2.75) is 27.2 Å². The van der Waals surface area contributed by atoms with Crippen LogP contribution in [0.15, 0.2) is 42.5 Å². The molecule has 0 fully saturated rings. The van der Waals surface area contributed by atoms with Crippen molar-refractivity contribution in [1.82, 2.24) is 0 Å². The largest absolute Gasteiger partial charge is 0.493 e. The maximum Gasteiger partial charge on any atom is 0.347 e. The molecule has 2 aromatic carbocycles. The first-order valence-electron chi connectivity index (χ1n) is 7.13. The number of para-hydroxylation sites is 1. The van der Waals surface area contributed by atoms with Gasteiger partial charge in [0, 0.05) is 0 Å². The first kappa shape index (κ1) is 15.1. The Kier molecular flexibility index (Phi) is 4.99. The Labute approximate surface area is 125 Å². The Hall–Kier alpha value is -2.29. The summed E-state index contributed by atoms with van der Waals surface area (Å²) in [7, 11) is 0. The topological polar surface area (TPSA) is 35.5 Å². The predicted molar refractivity (Wildman–Crippen MR) is 83.1 cm³/mol. The zero-order chi connectivity index (χ0) is 15.2. The number of carbonyl (C=O) groups is 1. The zero-order valence-corrected chi connectivity index (χ0v) is 12.7. The average Bonchev–Trinajstić information content (AvgIpc) is 2.48. The molecule has 0 N–H and O–H groups in total. The van der Waals surface area contributed by atoms with Crippen LogP contribution in [0.3, 0.4) is 0 Å². The van der Waals surface area contributed by atoms with E-state index in [0.717, 1.165) is 17.5 Å². The summed E-state index contributed by atoms with van der Waals surface area (Å²) in [4.78, 5) is 12.3. The molecule has 2 rings (SSSR count). The van der Waals surface area contributed by atoms with Crippen molar-refractivity contribution in [1.29, 1.82) is 0 Å². The fourth-order valence-electron chi connectivity index (χ4n) is 2.04. The van der Waals surface area contributed by atoms with Gasteiger partial charge in [-0.1, -0.05) is 36.8 Å². The van der Waals surface area contributed by atoms with E-state index in [0.29, 0.717) is 23.7 Å². The molecule has 21 heavy (non-hydrogen) atoms. The summed E-state index contributed by atoms with van der Waals surface area (Å²) in [5.74, 6) is 0.749. The number of carbonyl (C=O) groups excluding carboxylic acids is 1. The van der Waals surface area contributed by atoms with Crippen molar-refractivity contribution in [2.75, 3.05) is 6.61 Å². The Morgan fingerprint density at radius 2 is 1.81 bits per heavy atom. The SMILES string of the molecule is CCCOc1ccccc1C(=O)Oc1ccc(C)cc1C. The van der Waals surface area contributed by atoms with Crippen LogP contribution >= 0.6 is 0 Å². The quantitative estimate of drug-likeness (QED) is 0.606. The smallest absolute Gasteiger partial charge is 0.347 e. The number of hydrogen-bond acceptors (Lipinski definition) is 3. The maximum atomic E-state index is 12.3. The second-order valence-corrected chi connectivity index (χ2v) is 5.00. The molecule has 0 bridgehead atoms. The van der Waals surface area contributed by atoms with Crippen molar-refractivity contribution < 1.29 is 14.3 Å². The lowest BCUT2D eigenvalue weighted by Gasteiger charge is -2.11. The van der Waals surface area contributed by atoms with Gasteiger partial charge in [0.2, 0.25) is 0 Å². The van der Waals surface area contributed by atoms with E-state index in [1.165, 1.54) is 0 Å². The standard InChI is InChI=1S/C18H20O3/c1-4-11-20-17-8-6-5-7-15(17)18(19)21-16-10-9-13(2)12-14(16)3/h5-10,12H,4,11H2,1-3H3. The molecular formula is C18H20O3. The molecule has 0 saturated carbocycles. The van der Waals surface area contributed by atoms with Crippen molar-refractivity contribution in [3.8, 4) is 11.5 Å². The van der Waals surface area contributed by atoms with Gasteiger partial charge in [-0.25, -0.2) is 4.79 Å². The normalized spacial score (nSPS) is 10.2. The highest BCUT2D eigenvalue weighted by molar-refractivity contribution is 5.94. The average molecular weight is 284 g/mol. The highest BCUT2D eigenvalue weighted by Gasteiger charge is 2.15. The van der Waals surface area contributed by atoms with Gasteiger partial charge >= 0.3 is 5.97 Å². The van der Waals surface area contributed by atoms with Gasteiger partial charge in [0.1, 0.15) is 17.1 Å². The summed E-state index contributed by atoms with van der Waals surface area (Å²) in [6, 6.07) is 12.9. The number of hydrogen-bond donors (Lipinski definition) is 0. The number of esters is 1. The third-order valence-electron chi connectivity index (χ3n) is 3.10. The molecule has 110 valence electrons. The van der Waals surface area contributed by atoms with Gasteiger partial charge < -0.3 is 9.47 Å². The first-order valence-corrected chi connectivity index (χ1v) is 7.13. The van der Waals surface area contributed by atoms with Gasteiger partial charge in [0.25, 0.3) is 0 Å². The summed E-state index contributed by atoms with van der Waals surface area (Å²) in [5, 5.41) is 0. The Balaban J connectivity index is 2.20. The fraction of sp³-hybridized carbons (Fsp3) is 0.278. The predicted octanol–water partition coefficient (Wildman–Crippen LogP) is 4.31. The number of aryl methyl sites for hydroxylation is 2.